The Bertz CT molecular complexity index is 416. The van der Waals surface area contributed by atoms with Gasteiger partial charge in [-0.1, -0.05) is 26.7 Å². The van der Waals surface area contributed by atoms with E-state index in [1.54, 1.807) is 4.31 Å². The van der Waals surface area contributed by atoms with Crippen molar-refractivity contribution in [1.29, 1.82) is 0 Å². The molecule has 0 atom stereocenters. The second-order valence-corrected chi connectivity index (χ2v) is 7.86. The van der Waals surface area contributed by atoms with Gasteiger partial charge in [0.25, 0.3) is 10.2 Å². The SMILES string of the molecule is CC(C)CN(C1CCCC1)S(=O)(=O)N(C)CCC(=O)O. The molecule has 0 aromatic heterocycles. The molecule has 1 N–H and O–H groups in total. The van der Waals surface area contributed by atoms with Gasteiger partial charge in [0.1, 0.15) is 0 Å². The summed E-state index contributed by atoms with van der Waals surface area (Å²) in [5.41, 5.74) is 0. The van der Waals surface area contributed by atoms with E-state index in [9.17, 15) is 13.2 Å². The van der Waals surface area contributed by atoms with Crippen molar-refractivity contribution in [3.63, 3.8) is 0 Å². The Morgan fingerprint density at radius 1 is 1.30 bits per heavy atom. The number of carboxylic acid groups (broad SMARTS) is 1. The zero-order chi connectivity index (χ0) is 15.3. The van der Waals surface area contributed by atoms with Crippen LogP contribution in [-0.2, 0) is 15.0 Å². The van der Waals surface area contributed by atoms with Crippen LogP contribution >= 0.6 is 0 Å². The Labute approximate surface area is 121 Å². The zero-order valence-electron chi connectivity index (χ0n) is 12.6. The van der Waals surface area contributed by atoms with Crippen LogP contribution in [0.2, 0.25) is 0 Å². The minimum absolute atomic E-state index is 0.0129. The summed E-state index contributed by atoms with van der Waals surface area (Å²) < 4.78 is 28.0. The summed E-state index contributed by atoms with van der Waals surface area (Å²) in [5, 5.41) is 8.69. The smallest absolute Gasteiger partial charge is 0.304 e. The molecule has 6 nitrogen and oxygen atoms in total. The maximum absolute atomic E-state index is 12.6. The zero-order valence-corrected chi connectivity index (χ0v) is 13.4. The molecule has 0 heterocycles. The maximum atomic E-state index is 12.6. The molecule has 20 heavy (non-hydrogen) atoms. The van der Waals surface area contributed by atoms with E-state index < -0.39 is 16.2 Å². The molecule has 1 fully saturated rings. The lowest BCUT2D eigenvalue weighted by atomic mass is 10.2. The second kappa shape index (κ2) is 7.38. The molecule has 118 valence electrons. The summed E-state index contributed by atoms with van der Waals surface area (Å²) in [4.78, 5) is 10.6. The number of carboxylic acids is 1. The van der Waals surface area contributed by atoms with Crippen LogP contribution in [-0.4, -0.2) is 54.3 Å². The van der Waals surface area contributed by atoms with Gasteiger partial charge in [0, 0.05) is 26.2 Å². The van der Waals surface area contributed by atoms with E-state index in [-0.39, 0.29) is 24.9 Å². The van der Waals surface area contributed by atoms with E-state index in [0.29, 0.717) is 6.54 Å². The molecule has 0 saturated heterocycles. The molecule has 0 aromatic rings. The summed E-state index contributed by atoms with van der Waals surface area (Å²) in [6, 6.07) is 0.0645. The molecule has 0 unspecified atom stereocenters. The van der Waals surface area contributed by atoms with E-state index in [2.05, 4.69) is 0 Å². The van der Waals surface area contributed by atoms with Gasteiger partial charge in [-0.15, -0.1) is 0 Å². The molecule has 7 heteroatoms. The first-order valence-corrected chi connectivity index (χ1v) is 8.59. The molecule has 0 radical (unpaired) electrons. The van der Waals surface area contributed by atoms with Crippen molar-refractivity contribution in [2.24, 2.45) is 5.92 Å². The summed E-state index contributed by atoms with van der Waals surface area (Å²) in [6.07, 6.45) is 3.76. The van der Waals surface area contributed by atoms with Crippen molar-refractivity contribution in [2.45, 2.75) is 52.0 Å². The molecular formula is C13H26N2O4S. The molecule has 1 rings (SSSR count). The lowest BCUT2D eigenvalue weighted by Crippen LogP contribution is -2.48. The summed E-state index contributed by atoms with van der Waals surface area (Å²) in [5.74, 6) is -0.735. The van der Waals surface area contributed by atoms with E-state index in [0.717, 1.165) is 25.7 Å². The van der Waals surface area contributed by atoms with Gasteiger partial charge in [0.2, 0.25) is 0 Å². The minimum atomic E-state index is -3.57. The Morgan fingerprint density at radius 2 is 1.85 bits per heavy atom. The van der Waals surface area contributed by atoms with Crippen molar-refractivity contribution >= 4 is 16.2 Å². The minimum Gasteiger partial charge on any atom is -0.481 e. The molecule has 0 spiro atoms. The molecule has 0 amide bonds. The highest BCUT2D eigenvalue weighted by Gasteiger charge is 2.35. The van der Waals surface area contributed by atoms with Crippen molar-refractivity contribution < 1.29 is 18.3 Å². The first kappa shape index (κ1) is 17.4. The third kappa shape index (κ3) is 4.71. The van der Waals surface area contributed by atoms with E-state index >= 15 is 0 Å². The van der Waals surface area contributed by atoms with Crippen LogP contribution < -0.4 is 0 Å². The third-order valence-electron chi connectivity index (χ3n) is 3.61. The predicted octanol–water partition coefficient (Wildman–Crippen LogP) is 1.54. The quantitative estimate of drug-likeness (QED) is 0.738. The van der Waals surface area contributed by atoms with E-state index in [1.165, 1.54) is 11.4 Å². The van der Waals surface area contributed by atoms with Gasteiger partial charge in [-0.2, -0.15) is 17.0 Å². The largest absolute Gasteiger partial charge is 0.481 e. The number of nitrogens with zero attached hydrogens (tertiary/aromatic N) is 2. The molecule has 0 aromatic carbocycles. The number of hydrogen-bond acceptors (Lipinski definition) is 3. The Kier molecular flexibility index (Phi) is 6.42. The predicted molar refractivity (Wildman–Crippen MR) is 77.6 cm³/mol. The van der Waals surface area contributed by atoms with Gasteiger partial charge in [0.15, 0.2) is 0 Å². The van der Waals surface area contributed by atoms with Crippen LogP contribution in [0.25, 0.3) is 0 Å². The van der Waals surface area contributed by atoms with Crippen LogP contribution in [0.15, 0.2) is 0 Å². The van der Waals surface area contributed by atoms with Crippen LogP contribution in [0.4, 0.5) is 0 Å². The highest BCUT2D eigenvalue weighted by molar-refractivity contribution is 7.86. The average Bonchev–Trinajstić information content (AvgIpc) is 2.85. The highest BCUT2D eigenvalue weighted by atomic mass is 32.2. The second-order valence-electron chi connectivity index (χ2n) is 5.87. The summed E-state index contributed by atoms with van der Waals surface area (Å²) in [6.45, 7) is 4.49. The summed E-state index contributed by atoms with van der Waals surface area (Å²) in [7, 11) is -2.11. The van der Waals surface area contributed by atoms with Crippen molar-refractivity contribution in [1.82, 2.24) is 8.61 Å². The molecule has 1 aliphatic carbocycles. The highest BCUT2D eigenvalue weighted by Crippen LogP contribution is 2.27. The van der Waals surface area contributed by atoms with Crippen LogP contribution in [0.1, 0.15) is 46.0 Å². The molecule has 1 aliphatic rings. The Hall–Kier alpha value is -0.660. The first-order valence-electron chi connectivity index (χ1n) is 7.20. The van der Waals surface area contributed by atoms with Crippen LogP contribution in [0.5, 0.6) is 0 Å². The molecule has 0 bridgehead atoms. The van der Waals surface area contributed by atoms with Crippen molar-refractivity contribution in [3.8, 4) is 0 Å². The van der Waals surface area contributed by atoms with Crippen LogP contribution in [0.3, 0.4) is 0 Å². The first-order chi connectivity index (χ1) is 9.25. The molecular weight excluding hydrogens is 280 g/mol. The fourth-order valence-electron chi connectivity index (χ4n) is 2.53. The van der Waals surface area contributed by atoms with Crippen LogP contribution in [0, 0.1) is 5.92 Å². The van der Waals surface area contributed by atoms with Gasteiger partial charge >= 0.3 is 5.97 Å². The fraction of sp³-hybridized carbons (Fsp3) is 0.923. The van der Waals surface area contributed by atoms with E-state index in [1.807, 2.05) is 13.8 Å². The molecule has 1 saturated carbocycles. The van der Waals surface area contributed by atoms with Gasteiger partial charge in [-0.25, -0.2) is 0 Å². The maximum Gasteiger partial charge on any atom is 0.304 e. The fourth-order valence-corrected chi connectivity index (χ4v) is 4.29. The number of hydrogen-bond donors (Lipinski definition) is 1. The Balaban J connectivity index is 2.83. The average molecular weight is 306 g/mol. The lowest BCUT2D eigenvalue weighted by Gasteiger charge is -2.33. The summed E-state index contributed by atoms with van der Waals surface area (Å²) >= 11 is 0. The van der Waals surface area contributed by atoms with Crippen molar-refractivity contribution in [2.75, 3.05) is 20.1 Å². The topological polar surface area (TPSA) is 77.9 Å². The third-order valence-corrected chi connectivity index (χ3v) is 5.62. The lowest BCUT2D eigenvalue weighted by molar-refractivity contribution is -0.137. The Morgan fingerprint density at radius 3 is 2.30 bits per heavy atom. The number of rotatable bonds is 8. The molecule has 0 aliphatic heterocycles. The van der Waals surface area contributed by atoms with E-state index in [4.69, 9.17) is 5.11 Å². The number of carbonyl (C=O) groups is 1. The standard InChI is InChI=1S/C13H26N2O4S/c1-11(2)10-15(12-6-4-5-7-12)20(18,19)14(3)9-8-13(16)17/h11-12H,4-10H2,1-3H3,(H,16,17). The van der Waals surface area contributed by atoms with Crippen molar-refractivity contribution in [3.05, 3.63) is 0 Å². The monoisotopic (exact) mass is 306 g/mol. The van der Waals surface area contributed by atoms with Gasteiger partial charge in [-0.3, -0.25) is 4.79 Å². The van der Waals surface area contributed by atoms with Gasteiger partial charge < -0.3 is 5.11 Å². The normalized spacial score (nSPS) is 17.5. The van der Waals surface area contributed by atoms with Gasteiger partial charge in [0.05, 0.1) is 6.42 Å². The van der Waals surface area contributed by atoms with Gasteiger partial charge in [-0.05, 0) is 18.8 Å². The number of aliphatic carboxylic acids is 1.